The molecule has 8 heteroatoms. The van der Waals surface area contributed by atoms with Crippen molar-refractivity contribution in [2.45, 2.75) is 24.2 Å². The lowest BCUT2D eigenvalue weighted by molar-refractivity contribution is 0.578. The number of hydrogen-bond donors (Lipinski definition) is 1. The van der Waals surface area contributed by atoms with Gasteiger partial charge in [0.1, 0.15) is 0 Å². The summed E-state index contributed by atoms with van der Waals surface area (Å²) in [4.78, 5) is 1.92. The van der Waals surface area contributed by atoms with Crippen molar-refractivity contribution >= 4 is 23.6 Å². The normalized spacial score (nSPS) is 16.0. The molecule has 0 aromatic heterocycles. The Morgan fingerprint density at radius 3 is 1.96 bits per heavy atom. The van der Waals surface area contributed by atoms with Gasteiger partial charge in [-0.05, 0) is 31.4 Å². The minimum absolute atomic E-state index is 0.290. The van der Waals surface area contributed by atoms with Gasteiger partial charge < -0.3 is 4.90 Å². The van der Waals surface area contributed by atoms with Crippen molar-refractivity contribution in [3.63, 3.8) is 0 Å². The Labute approximate surface area is 147 Å². The Balaban J connectivity index is 2.20. The number of anilines is 1. The Bertz CT molecular complexity index is 979. The van der Waals surface area contributed by atoms with E-state index >= 15 is 0 Å². The molecule has 0 saturated carbocycles. The molecule has 0 radical (unpaired) electrons. The summed E-state index contributed by atoms with van der Waals surface area (Å²) in [6.07, 6.45) is 3.33. The van der Waals surface area contributed by atoms with Gasteiger partial charge in [0.2, 0.25) is 0 Å². The predicted molar refractivity (Wildman–Crippen MR) is 98.2 cm³/mol. The van der Waals surface area contributed by atoms with Gasteiger partial charge in [-0.15, -0.1) is 0 Å². The molecule has 25 heavy (non-hydrogen) atoms. The lowest BCUT2D eigenvalue weighted by atomic mass is 10.0. The fraction of sp³-hybridized carbons (Fsp3) is 0.294. The van der Waals surface area contributed by atoms with Crippen LogP contribution in [0.2, 0.25) is 0 Å². The summed E-state index contributed by atoms with van der Waals surface area (Å²) >= 11 is 0. The number of piperidine rings is 1. The molecule has 6 nitrogen and oxygen atoms in total. The maximum Gasteiger partial charge on any atom is 0.319 e. The fourth-order valence-electron chi connectivity index (χ4n) is 3.14. The van der Waals surface area contributed by atoms with E-state index in [1.165, 1.54) is 18.6 Å². The highest BCUT2D eigenvalue weighted by Crippen LogP contribution is 2.36. The molecule has 1 saturated heterocycles. The van der Waals surface area contributed by atoms with Crippen molar-refractivity contribution in [3.8, 4) is 11.1 Å². The van der Waals surface area contributed by atoms with Crippen LogP contribution in [0, 0.1) is 0 Å². The van der Waals surface area contributed by atoms with Gasteiger partial charge in [-0.3, -0.25) is 0 Å². The lowest BCUT2D eigenvalue weighted by Gasteiger charge is -2.31. The van der Waals surface area contributed by atoms with E-state index in [0.717, 1.165) is 31.6 Å². The first-order chi connectivity index (χ1) is 11.8. The number of hydrogen-bond acceptors (Lipinski definition) is 5. The molecule has 0 bridgehead atoms. The van der Waals surface area contributed by atoms with Crippen molar-refractivity contribution in [2.75, 3.05) is 18.0 Å². The molecule has 1 aliphatic heterocycles. The standard InChI is InChI=1S/C17H20N2O4S2/c18-25(22,23)24(20,21)17-11-5-3-9-15(17)14-8-2-4-10-16(14)19-12-6-1-7-13-19/h2-5,8-11H,1,6-7,12-13H2,(H2,18,22,23). The topological polar surface area (TPSA) is 97.5 Å². The monoisotopic (exact) mass is 380 g/mol. The third kappa shape index (κ3) is 3.42. The van der Waals surface area contributed by atoms with Crippen molar-refractivity contribution < 1.29 is 16.8 Å². The minimum Gasteiger partial charge on any atom is -0.371 e. The van der Waals surface area contributed by atoms with Crippen LogP contribution in [0.15, 0.2) is 53.4 Å². The number of para-hydroxylation sites is 1. The van der Waals surface area contributed by atoms with E-state index in [1.807, 2.05) is 18.2 Å². The Kier molecular flexibility index (Phi) is 4.86. The highest BCUT2D eigenvalue weighted by molar-refractivity contribution is 8.66. The van der Waals surface area contributed by atoms with Crippen molar-refractivity contribution in [3.05, 3.63) is 48.5 Å². The van der Waals surface area contributed by atoms with Crippen LogP contribution in [0.25, 0.3) is 11.1 Å². The molecule has 0 spiro atoms. The molecule has 0 amide bonds. The molecule has 2 aromatic rings. The predicted octanol–water partition coefficient (Wildman–Crippen LogP) is 2.32. The second kappa shape index (κ2) is 6.78. The van der Waals surface area contributed by atoms with Crippen molar-refractivity contribution in [1.82, 2.24) is 0 Å². The quantitative estimate of drug-likeness (QED) is 0.821. The SMILES string of the molecule is NS(=O)(=O)S(=O)(=O)c1ccccc1-c1ccccc1N1CCCCC1. The average Bonchev–Trinajstić information content (AvgIpc) is 2.61. The van der Waals surface area contributed by atoms with E-state index < -0.39 is 17.9 Å². The molecule has 1 fully saturated rings. The number of rotatable bonds is 4. The number of benzene rings is 2. The summed E-state index contributed by atoms with van der Waals surface area (Å²) in [6, 6.07) is 13.5. The zero-order chi connectivity index (χ0) is 18.1. The molecule has 2 aromatic carbocycles. The van der Waals surface area contributed by atoms with E-state index in [2.05, 4.69) is 4.90 Å². The highest BCUT2D eigenvalue weighted by atomic mass is 33.2. The Morgan fingerprint density at radius 1 is 0.760 bits per heavy atom. The number of nitrogens with zero attached hydrogens (tertiary/aromatic N) is 1. The first kappa shape index (κ1) is 17.9. The van der Waals surface area contributed by atoms with Crippen LogP contribution in [-0.2, 0) is 17.9 Å². The second-order valence-corrected chi connectivity index (χ2v) is 11.1. The molecule has 2 N–H and O–H groups in total. The van der Waals surface area contributed by atoms with E-state index in [-0.39, 0.29) is 4.90 Å². The molecule has 0 unspecified atom stereocenters. The van der Waals surface area contributed by atoms with Gasteiger partial charge in [0.15, 0.2) is 0 Å². The molecule has 3 rings (SSSR count). The van der Waals surface area contributed by atoms with Gasteiger partial charge >= 0.3 is 9.06 Å². The fourth-order valence-corrected chi connectivity index (χ4v) is 5.27. The molecule has 1 aliphatic rings. The van der Waals surface area contributed by atoms with E-state index in [0.29, 0.717) is 11.1 Å². The van der Waals surface area contributed by atoms with Crippen LogP contribution in [-0.4, -0.2) is 29.9 Å². The zero-order valence-corrected chi connectivity index (χ0v) is 15.3. The summed E-state index contributed by atoms with van der Waals surface area (Å²) in [5.41, 5.74) is 1.93. The Morgan fingerprint density at radius 2 is 1.32 bits per heavy atom. The smallest absolute Gasteiger partial charge is 0.319 e. The van der Waals surface area contributed by atoms with Gasteiger partial charge in [0.05, 0.1) is 4.90 Å². The van der Waals surface area contributed by atoms with Gasteiger partial charge in [-0.25, -0.2) is 13.6 Å². The average molecular weight is 380 g/mol. The lowest BCUT2D eigenvalue weighted by Crippen LogP contribution is -2.30. The first-order valence-electron chi connectivity index (χ1n) is 8.03. The van der Waals surface area contributed by atoms with Crippen LogP contribution in [0.3, 0.4) is 0 Å². The van der Waals surface area contributed by atoms with Gasteiger partial charge in [0.25, 0.3) is 8.87 Å². The second-order valence-electron chi connectivity index (χ2n) is 6.01. The maximum atomic E-state index is 12.4. The van der Waals surface area contributed by atoms with E-state index in [4.69, 9.17) is 5.14 Å². The largest absolute Gasteiger partial charge is 0.371 e. The van der Waals surface area contributed by atoms with Crippen LogP contribution in [0.4, 0.5) is 5.69 Å². The summed E-state index contributed by atoms with van der Waals surface area (Å²) in [5, 5.41) is 4.95. The Hall–Kier alpha value is -1.90. The van der Waals surface area contributed by atoms with Crippen molar-refractivity contribution in [2.24, 2.45) is 5.14 Å². The molecule has 0 aliphatic carbocycles. The maximum absolute atomic E-state index is 12.4. The number of nitrogens with two attached hydrogens (primary N) is 1. The summed E-state index contributed by atoms with van der Waals surface area (Å²) in [6.45, 7) is 1.78. The van der Waals surface area contributed by atoms with Crippen LogP contribution >= 0.6 is 0 Å². The summed E-state index contributed by atoms with van der Waals surface area (Å²) < 4.78 is 48.0. The first-order valence-corrected chi connectivity index (χ1v) is 11.6. The van der Waals surface area contributed by atoms with Gasteiger partial charge in [0, 0.05) is 29.9 Å². The van der Waals surface area contributed by atoms with E-state index in [9.17, 15) is 16.8 Å². The van der Waals surface area contributed by atoms with Crippen molar-refractivity contribution in [1.29, 1.82) is 0 Å². The molecular weight excluding hydrogens is 360 g/mol. The van der Waals surface area contributed by atoms with Crippen LogP contribution in [0.5, 0.6) is 0 Å². The molecular formula is C17H20N2O4S2. The summed E-state index contributed by atoms with van der Waals surface area (Å²) in [5.74, 6) is 0. The summed E-state index contributed by atoms with van der Waals surface area (Å²) in [7, 11) is -9.44. The minimum atomic E-state index is -4.77. The van der Waals surface area contributed by atoms with Gasteiger partial charge in [-0.1, -0.05) is 36.4 Å². The highest BCUT2D eigenvalue weighted by Gasteiger charge is 2.31. The third-order valence-electron chi connectivity index (χ3n) is 4.35. The third-order valence-corrected chi connectivity index (χ3v) is 8.23. The molecule has 134 valence electrons. The molecule has 1 heterocycles. The van der Waals surface area contributed by atoms with E-state index in [1.54, 1.807) is 18.2 Å². The van der Waals surface area contributed by atoms with Gasteiger partial charge in [-0.2, -0.15) is 8.42 Å². The molecule has 0 atom stereocenters. The van der Waals surface area contributed by atoms with Crippen LogP contribution < -0.4 is 10.0 Å². The van der Waals surface area contributed by atoms with Crippen LogP contribution in [0.1, 0.15) is 19.3 Å². The zero-order valence-electron chi connectivity index (χ0n) is 13.6.